The van der Waals surface area contributed by atoms with Gasteiger partial charge in [-0.05, 0) is 37.7 Å². The van der Waals surface area contributed by atoms with Crippen molar-refractivity contribution in [1.82, 2.24) is 20.4 Å². The molecule has 29 heavy (non-hydrogen) atoms. The van der Waals surface area contributed by atoms with E-state index in [2.05, 4.69) is 39.3 Å². The zero-order valence-electron chi connectivity index (χ0n) is 18.3. The Bertz CT molecular complexity index is 612. The number of likely N-dealkylation sites (N-methyl/N-ethyl adjacent to an activating group) is 1. The number of ether oxygens (including phenoxy) is 1. The van der Waals surface area contributed by atoms with Crippen molar-refractivity contribution in [2.24, 2.45) is 10.9 Å². The van der Waals surface area contributed by atoms with Gasteiger partial charge in [-0.25, -0.2) is 4.39 Å². The molecule has 2 rings (SSSR count). The van der Waals surface area contributed by atoms with Crippen LogP contribution in [0.3, 0.4) is 0 Å². The van der Waals surface area contributed by atoms with Gasteiger partial charge in [-0.3, -0.25) is 9.89 Å². The van der Waals surface area contributed by atoms with Crippen LogP contribution in [0.4, 0.5) is 4.39 Å². The molecule has 1 saturated heterocycles. The van der Waals surface area contributed by atoms with Crippen LogP contribution in [0.2, 0.25) is 0 Å². The summed E-state index contributed by atoms with van der Waals surface area (Å²) in [5.74, 6) is 1.19. The Morgan fingerprint density at radius 1 is 1.28 bits per heavy atom. The lowest BCUT2D eigenvalue weighted by atomic mass is 10.1. The van der Waals surface area contributed by atoms with E-state index >= 15 is 0 Å². The lowest BCUT2D eigenvalue weighted by molar-refractivity contribution is -0.0284. The van der Waals surface area contributed by atoms with Crippen molar-refractivity contribution in [3.63, 3.8) is 0 Å². The summed E-state index contributed by atoms with van der Waals surface area (Å²) in [5.41, 5.74) is 1.06. The fraction of sp³-hybridized carbons (Fsp3) is 0.667. The summed E-state index contributed by atoms with van der Waals surface area (Å²) in [6, 6.07) is 6.78. The van der Waals surface area contributed by atoms with Gasteiger partial charge in [0, 0.05) is 39.8 Å². The molecule has 8 heteroatoms. The monoisotopic (exact) mass is 521 g/mol. The van der Waals surface area contributed by atoms with Crippen LogP contribution in [-0.2, 0) is 4.74 Å². The highest BCUT2D eigenvalue weighted by molar-refractivity contribution is 14.0. The van der Waals surface area contributed by atoms with E-state index < -0.39 is 0 Å². The molecule has 2 unspecified atom stereocenters. The van der Waals surface area contributed by atoms with E-state index in [1.807, 2.05) is 26.2 Å². The first-order valence-electron chi connectivity index (χ1n) is 10.1. The summed E-state index contributed by atoms with van der Waals surface area (Å²) in [4.78, 5) is 8.90. The first-order valence-corrected chi connectivity index (χ1v) is 10.1. The maximum atomic E-state index is 13.2. The Morgan fingerprint density at radius 3 is 2.55 bits per heavy atom. The predicted molar refractivity (Wildman–Crippen MR) is 129 cm³/mol. The molecule has 0 aliphatic carbocycles. The molecular formula is C21H37FIN5O. The Balaban J connectivity index is 0.00000420. The standard InChI is InChI=1S/C21H36FN5O.HI/c1-16(2)14-27-10-11-28-19(15-27)12-24-21(23-3)25-13-20(26(4)5)17-6-8-18(22)9-7-17;/h6-9,16,19-20H,10-15H2,1-5H3,(H2,23,24,25);1H. The quantitative estimate of drug-likeness (QED) is 0.313. The van der Waals surface area contributed by atoms with Crippen LogP contribution in [0.5, 0.6) is 0 Å². The lowest BCUT2D eigenvalue weighted by Gasteiger charge is -2.34. The third-order valence-corrected chi connectivity index (χ3v) is 4.91. The van der Waals surface area contributed by atoms with E-state index in [4.69, 9.17) is 4.74 Å². The largest absolute Gasteiger partial charge is 0.374 e. The summed E-state index contributed by atoms with van der Waals surface area (Å²) in [7, 11) is 5.81. The molecule has 1 heterocycles. The van der Waals surface area contributed by atoms with Crippen LogP contribution in [0.25, 0.3) is 0 Å². The van der Waals surface area contributed by atoms with Gasteiger partial charge in [-0.1, -0.05) is 26.0 Å². The molecule has 0 bridgehead atoms. The van der Waals surface area contributed by atoms with Gasteiger partial charge < -0.3 is 20.3 Å². The second-order valence-corrected chi connectivity index (χ2v) is 8.01. The zero-order valence-corrected chi connectivity index (χ0v) is 20.7. The molecule has 1 fully saturated rings. The highest BCUT2D eigenvalue weighted by atomic mass is 127. The Kier molecular flexibility index (Phi) is 12.0. The molecule has 0 saturated carbocycles. The second kappa shape index (κ2) is 13.4. The summed E-state index contributed by atoms with van der Waals surface area (Å²) in [5, 5.41) is 6.76. The zero-order chi connectivity index (χ0) is 20.5. The van der Waals surface area contributed by atoms with Gasteiger partial charge in [0.15, 0.2) is 5.96 Å². The molecule has 0 spiro atoms. The number of nitrogens with one attached hydrogen (secondary N) is 2. The molecule has 2 atom stereocenters. The summed E-state index contributed by atoms with van der Waals surface area (Å²) >= 11 is 0. The van der Waals surface area contributed by atoms with Gasteiger partial charge >= 0.3 is 0 Å². The molecule has 6 nitrogen and oxygen atoms in total. The summed E-state index contributed by atoms with van der Waals surface area (Å²) in [6.45, 7) is 9.71. The van der Waals surface area contributed by atoms with Crippen LogP contribution in [-0.4, -0.2) is 82.3 Å². The van der Waals surface area contributed by atoms with Crippen molar-refractivity contribution in [2.75, 3.05) is 60.5 Å². The third kappa shape index (κ3) is 9.15. The molecule has 0 radical (unpaired) electrons. The van der Waals surface area contributed by atoms with Crippen molar-refractivity contribution < 1.29 is 9.13 Å². The minimum Gasteiger partial charge on any atom is -0.374 e. The number of nitrogens with zero attached hydrogens (tertiary/aromatic N) is 3. The predicted octanol–water partition coefficient (Wildman–Crippen LogP) is 2.57. The highest BCUT2D eigenvalue weighted by Crippen LogP contribution is 2.17. The molecule has 0 aromatic heterocycles. The minimum atomic E-state index is -0.217. The average molecular weight is 521 g/mol. The molecule has 1 aromatic carbocycles. The second-order valence-electron chi connectivity index (χ2n) is 8.01. The van der Waals surface area contributed by atoms with E-state index in [9.17, 15) is 4.39 Å². The molecule has 1 aromatic rings. The average Bonchev–Trinajstić information content (AvgIpc) is 2.65. The molecule has 166 valence electrons. The third-order valence-electron chi connectivity index (χ3n) is 4.91. The normalized spacial score (nSPS) is 19.2. The van der Waals surface area contributed by atoms with Gasteiger partial charge in [-0.15, -0.1) is 24.0 Å². The van der Waals surface area contributed by atoms with Crippen molar-refractivity contribution in [3.8, 4) is 0 Å². The van der Waals surface area contributed by atoms with E-state index in [1.54, 1.807) is 7.05 Å². The first-order chi connectivity index (χ1) is 13.4. The molecular weight excluding hydrogens is 484 g/mol. The lowest BCUT2D eigenvalue weighted by Crippen LogP contribution is -2.50. The maximum absolute atomic E-state index is 13.2. The molecule has 1 aliphatic rings. The Labute approximate surface area is 192 Å². The number of guanidine groups is 1. The van der Waals surface area contributed by atoms with E-state index in [0.29, 0.717) is 12.5 Å². The van der Waals surface area contributed by atoms with Crippen LogP contribution in [0, 0.1) is 11.7 Å². The van der Waals surface area contributed by atoms with Crippen LogP contribution < -0.4 is 10.6 Å². The van der Waals surface area contributed by atoms with Crippen molar-refractivity contribution in [2.45, 2.75) is 26.0 Å². The topological polar surface area (TPSA) is 52.1 Å². The van der Waals surface area contributed by atoms with Crippen molar-refractivity contribution in [1.29, 1.82) is 0 Å². The van der Waals surface area contributed by atoms with Crippen molar-refractivity contribution in [3.05, 3.63) is 35.6 Å². The number of halogens is 2. The van der Waals surface area contributed by atoms with Crippen LogP contribution in [0.15, 0.2) is 29.3 Å². The van der Waals surface area contributed by atoms with Crippen molar-refractivity contribution >= 4 is 29.9 Å². The van der Waals surface area contributed by atoms with Gasteiger partial charge in [0.1, 0.15) is 5.82 Å². The summed E-state index contributed by atoms with van der Waals surface area (Å²) < 4.78 is 19.1. The minimum absolute atomic E-state index is 0. The number of morpholine rings is 1. The molecule has 0 amide bonds. The van der Waals surface area contributed by atoms with E-state index in [1.165, 1.54) is 12.1 Å². The van der Waals surface area contributed by atoms with E-state index in [-0.39, 0.29) is 41.9 Å². The van der Waals surface area contributed by atoms with Gasteiger partial charge in [-0.2, -0.15) is 0 Å². The maximum Gasteiger partial charge on any atom is 0.191 e. The molecule has 1 aliphatic heterocycles. The van der Waals surface area contributed by atoms with Gasteiger partial charge in [0.05, 0.1) is 18.8 Å². The summed E-state index contributed by atoms with van der Waals surface area (Å²) in [6.07, 6.45) is 0.160. The fourth-order valence-electron chi connectivity index (χ4n) is 3.49. The smallest absolute Gasteiger partial charge is 0.191 e. The number of benzene rings is 1. The first kappa shape index (κ1) is 26.1. The number of hydrogen-bond acceptors (Lipinski definition) is 4. The van der Waals surface area contributed by atoms with Crippen LogP contribution in [0.1, 0.15) is 25.5 Å². The van der Waals surface area contributed by atoms with Gasteiger partial charge in [0.2, 0.25) is 0 Å². The Hall–Kier alpha value is -0.970. The number of hydrogen-bond donors (Lipinski definition) is 2. The number of aliphatic imine (C=N–C) groups is 1. The fourth-order valence-corrected chi connectivity index (χ4v) is 3.49. The van der Waals surface area contributed by atoms with E-state index in [0.717, 1.165) is 44.3 Å². The van der Waals surface area contributed by atoms with Gasteiger partial charge in [0.25, 0.3) is 0 Å². The Morgan fingerprint density at radius 2 is 1.97 bits per heavy atom. The highest BCUT2D eigenvalue weighted by Gasteiger charge is 2.21. The number of rotatable bonds is 8. The molecule has 2 N–H and O–H groups in total. The van der Waals surface area contributed by atoms with Crippen LogP contribution >= 0.6 is 24.0 Å². The SMILES string of the molecule is CN=C(NCC1CN(CC(C)C)CCO1)NCC(c1ccc(F)cc1)N(C)C.I.